The van der Waals surface area contributed by atoms with Crippen LogP contribution in [0.15, 0.2) is 18.6 Å². The van der Waals surface area contributed by atoms with E-state index in [-0.39, 0.29) is 0 Å². The van der Waals surface area contributed by atoms with Gasteiger partial charge in [0.1, 0.15) is 12.1 Å². The summed E-state index contributed by atoms with van der Waals surface area (Å²) in [5, 5.41) is 3.35. The normalized spacial score (nSPS) is 18.0. The number of hydrogen-bond donors (Lipinski definition) is 1. The fourth-order valence-electron chi connectivity index (χ4n) is 1.59. The van der Waals surface area contributed by atoms with E-state index in [0.717, 1.165) is 18.3 Å². The fraction of sp³-hybridized carbons (Fsp3) is 0.600. The lowest BCUT2D eigenvalue weighted by Crippen LogP contribution is -2.19. The summed E-state index contributed by atoms with van der Waals surface area (Å²) in [4.78, 5) is 8.02. The molecule has 1 aliphatic heterocycles. The highest BCUT2D eigenvalue weighted by Gasteiger charge is 2.12. The van der Waals surface area contributed by atoms with Crippen molar-refractivity contribution in [2.45, 2.75) is 12.8 Å². The number of nitrogens with one attached hydrogen (secondary N) is 1. The molecule has 2 heterocycles. The van der Waals surface area contributed by atoms with Gasteiger partial charge in [-0.1, -0.05) is 0 Å². The van der Waals surface area contributed by atoms with E-state index in [0.29, 0.717) is 0 Å². The molecule has 0 atom stereocenters. The molecule has 0 unspecified atom stereocenters. The quantitative estimate of drug-likeness (QED) is 0.826. The molecule has 0 radical (unpaired) electrons. The van der Waals surface area contributed by atoms with Crippen molar-refractivity contribution >= 4 is 17.6 Å². The zero-order valence-corrected chi connectivity index (χ0v) is 8.96. The zero-order chi connectivity index (χ0) is 9.64. The first kappa shape index (κ1) is 9.77. The molecule has 0 amide bonds. The number of thioether (sulfide) groups is 1. The summed E-state index contributed by atoms with van der Waals surface area (Å²) in [5.41, 5.74) is 0. The van der Waals surface area contributed by atoms with Gasteiger partial charge in [-0.25, -0.2) is 9.97 Å². The van der Waals surface area contributed by atoms with Crippen LogP contribution in [-0.2, 0) is 0 Å². The molecule has 1 saturated heterocycles. The van der Waals surface area contributed by atoms with Crippen LogP contribution in [0.5, 0.6) is 0 Å². The first-order valence-corrected chi connectivity index (χ1v) is 6.18. The monoisotopic (exact) mass is 209 g/mol. The Morgan fingerprint density at radius 1 is 1.43 bits per heavy atom. The van der Waals surface area contributed by atoms with Crippen LogP contribution in [-0.4, -0.2) is 28.0 Å². The van der Waals surface area contributed by atoms with E-state index < -0.39 is 0 Å². The minimum atomic E-state index is 0.825. The van der Waals surface area contributed by atoms with Crippen LogP contribution >= 0.6 is 11.8 Å². The first-order valence-electron chi connectivity index (χ1n) is 5.03. The Balaban J connectivity index is 1.76. The number of anilines is 1. The molecule has 0 spiro atoms. The molecule has 0 aromatic carbocycles. The van der Waals surface area contributed by atoms with E-state index in [1.54, 1.807) is 12.5 Å². The van der Waals surface area contributed by atoms with Crippen LogP contribution in [0.2, 0.25) is 0 Å². The predicted molar refractivity (Wildman–Crippen MR) is 60.6 cm³/mol. The van der Waals surface area contributed by atoms with Crippen molar-refractivity contribution < 1.29 is 0 Å². The largest absolute Gasteiger partial charge is 0.370 e. The van der Waals surface area contributed by atoms with Gasteiger partial charge in [0.15, 0.2) is 0 Å². The minimum absolute atomic E-state index is 0.825. The van der Waals surface area contributed by atoms with Gasteiger partial charge in [-0.05, 0) is 36.3 Å². The predicted octanol–water partition coefficient (Wildman–Crippen LogP) is 2.03. The number of hydrogen-bond acceptors (Lipinski definition) is 4. The Hall–Kier alpha value is -0.770. The minimum Gasteiger partial charge on any atom is -0.370 e. The van der Waals surface area contributed by atoms with Gasteiger partial charge >= 0.3 is 0 Å². The number of aromatic nitrogens is 2. The third kappa shape index (κ3) is 2.87. The van der Waals surface area contributed by atoms with Gasteiger partial charge in [0.05, 0.1) is 0 Å². The molecular formula is C10H15N3S. The second-order valence-electron chi connectivity index (χ2n) is 3.53. The molecule has 0 aliphatic carbocycles. The Kier molecular flexibility index (Phi) is 3.63. The second kappa shape index (κ2) is 5.20. The molecule has 2 rings (SSSR count). The van der Waals surface area contributed by atoms with Crippen molar-refractivity contribution in [2.24, 2.45) is 5.92 Å². The molecule has 1 aromatic rings. The van der Waals surface area contributed by atoms with Gasteiger partial charge in [-0.15, -0.1) is 0 Å². The average Bonchev–Trinajstić information content (AvgIpc) is 2.29. The van der Waals surface area contributed by atoms with E-state index in [1.165, 1.54) is 24.3 Å². The van der Waals surface area contributed by atoms with E-state index in [1.807, 2.05) is 6.07 Å². The topological polar surface area (TPSA) is 37.8 Å². The van der Waals surface area contributed by atoms with Crippen molar-refractivity contribution in [3.63, 3.8) is 0 Å². The summed E-state index contributed by atoms with van der Waals surface area (Å²) < 4.78 is 0. The second-order valence-corrected chi connectivity index (χ2v) is 4.76. The summed E-state index contributed by atoms with van der Waals surface area (Å²) in [6.07, 6.45) is 6.02. The van der Waals surface area contributed by atoms with Crippen LogP contribution in [0, 0.1) is 5.92 Å². The summed E-state index contributed by atoms with van der Waals surface area (Å²) >= 11 is 2.07. The lowest BCUT2D eigenvalue weighted by molar-refractivity contribution is 0.515. The fourth-order valence-corrected chi connectivity index (χ4v) is 2.80. The highest BCUT2D eigenvalue weighted by Crippen LogP contribution is 2.22. The zero-order valence-electron chi connectivity index (χ0n) is 8.15. The van der Waals surface area contributed by atoms with E-state index in [4.69, 9.17) is 0 Å². The van der Waals surface area contributed by atoms with E-state index in [2.05, 4.69) is 27.0 Å². The van der Waals surface area contributed by atoms with Gasteiger partial charge in [0.2, 0.25) is 0 Å². The van der Waals surface area contributed by atoms with Gasteiger partial charge in [0.25, 0.3) is 0 Å². The van der Waals surface area contributed by atoms with Crippen LogP contribution in [0.4, 0.5) is 5.82 Å². The summed E-state index contributed by atoms with van der Waals surface area (Å²) in [6.45, 7) is 1.05. The molecule has 1 aliphatic rings. The number of rotatable bonds is 3. The molecular weight excluding hydrogens is 194 g/mol. The van der Waals surface area contributed by atoms with Crippen molar-refractivity contribution in [2.75, 3.05) is 23.4 Å². The highest BCUT2D eigenvalue weighted by molar-refractivity contribution is 7.99. The maximum absolute atomic E-state index is 4.14. The molecule has 1 fully saturated rings. The van der Waals surface area contributed by atoms with Gasteiger partial charge in [-0.3, -0.25) is 0 Å². The Labute approximate surface area is 88.7 Å². The molecule has 1 N–H and O–H groups in total. The van der Waals surface area contributed by atoms with Crippen molar-refractivity contribution in [3.8, 4) is 0 Å². The first-order chi connectivity index (χ1) is 6.95. The smallest absolute Gasteiger partial charge is 0.129 e. The van der Waals surface area contributed by atoms with E-state index >= 15 is 0 Å². The summed E-state index contributed by atoms with van der Waals surface area (Å²) in [6, 6.07) is 1.91. The third-order valence-corrected chi connectivity index (χ3v) is 3.54. The lowest BCUT2D eigenvalue weighted by atomic mass is 10.0. The van der Waals surface area contributed by atoms with Crippen LogP contribution in [0.25, 0.3) is 0 Å². The van der Waals surface area contributed by atoms with Gasteiger partial charge in [0, 0.05) is 12.7 Å². The molecule has 14 heavy (non-hydrogen) atoms. The highest BCUT2D eigenvalue weighted by atomic mass is 32.2. The number of nitrogens with zero attached hydrogens (tertiary/aromatic N) is 2. The van der Waals surface area contributed by atoms with E-state index in [9.17, 15) is 0 Å². The third-order valence-electron chi connectivity index (χ3n) is 2.49. The van der Waals surface area contributed by atoms with Crippen LogP contribution < -0.4 is 5.32 Å². The van der Waals surface area contributed by atoms with Crippen LogP contribution in [0.1, 0.15) is 12.8 Å². The summed E-state index contributed by atoms with van der Waals surface area (Å²) in [7, 11) is 0. The summed E-state index contributed by atoms with van der Waals surface area (Å²) in [5.74, 6) is 4.40. The maximum atomic E-state index is 4.14. The maximum Gasteiger partial charge on any atom is 0.129 e. The molecule has 4 heteroatoms. The average molecular weight is 209 g/mol. The Morgan fingerprint density at radius 3 is 3.00 bits per heavy atom. The van der Waals surface area contributed by atoms with Gasteiger partial charge < -0.3 is 5.32 Å². The molecule has 3 nitrogen and oxygen atoms in total. The molecule has 76 valence electrons. The van der Waals surface area contributed by atoms with Crippen molar-refractivity contribution in [3.05, 3.63) is 18.6 Å². The molecule has 1 aromatic heterocycles. The Morgan fingerprint density at radius 2 is 2.29 bits per heavy atom. The lowest BCUT2D eigenvalue weighted by Gasteiger charge is -2.21. The van der Waals surface area contributed by atoms with Crippen LogP contribution in [0.3, 0.4) is 0 Å². The van der Waals surface area contributed by atoms with Crippen molar-refractivity contribution in [1.29, 1.82) is 0 Å². The molecule has 0 saturated carbocycles. The molecule has 0 bridgehead atoms. The standard InChI is InChI=1S/C10H15N3S/c1-4-11-8-13-10(1)12-7-9-2-5-14-6-3-9/h1,4,8-9H,2-3,5-7H2,(H,11,12,13). The van der Waals surface area contributed by atoms with Crippen molar-refractivity contribution in [1.82, 2.24) is 9.97 Å². The SMILES string of the molecule is c1cc(NCC2CCSCC2)ncn1. The van der Waals surface area contributed by atoms with Gasteiger partial charge in [-0.2, -0.15) is 11.8 Å². The Bertz CT molecular complexity index is 259.